The number of hydrogen-bond acceptors (Lipinski definition) is 3. The van der Waals surface area contributed by atoms with Crippen LogP contribution < -0.4 is 11.1 Å². The fourth-order valence-corrected chi connectivity index (χ4v) is 1.03. The molecule has 0 aromatic rings. The molecule has 0 aliphatic carbocycles. The number of hydrogen-bond donors (Lipinski definition) is 2. The molecule has 0 unspecified atom stereocenters. The summed E-state index contributed by atoms with van der Waals surface area (Å²) < 4.78 is 5.08. The van der Waals surface area contributed by atoms with Gasteiger partial charge in [-0.1, -0.05) is 13.8 Å². The minimum absolute atomic E-state index is 0.0141. The van der Waals surface area contributed by atoms with E-state index in [-0.39, 0.29) is 24.8 Å². The second kappa shape index (κ2) is 9.15. The first-order chi connectivity index (χ1) is 7.52. The van der Waals surface area contributed by atoms with Crippen molar-refractivity contribution in [1.82, 2.24) is 5.32 Å². The third kappa shape index (κ3) is 11.0. The Morgan fingerprint density at radius 1 is 1.25 bits per heavy atom. The van der Waals surface area contributed by atoms with Crippen LogP contribution in [-0.4, -0.2) is 31.6 Å². The molecule has 94 valence electrons. The maximum atomic E-state index is 11.2. The van der Waals surface area contributed by atoms with Gasteiger partial charge >= 0.3 is 0 Å². The predicted octanol–water partition coefficient (Wildman–Crippen LogP) is 0.431. The Kier molecular flexibility index (Phi) is 8.52. The molecular weight excluding hydrogens is 208 g/mol. The van der Waals surface area contributed by atoms with E-state index >= 15 is 0 Å². The van der Waals surface area contributed by atoms with E-state index in [1.54, 1.807) is 0 Å². The highest BCUT2D eigenvalue weighted by molar-refractivity contribution is 5.76. The molecule has 0 saturated carbocycles. The molecule has 5 nitrogen and oxygen atoms in total. The third-order valence-corrected chi connectivity index (χ3v) is 2.01. The molecule has 0 saturated heterocycles. The summed E-state index contributed by atoms with van der Waals surface area (Å²) in [5.41, 5.74) is 4.93. The highest BCUT2D eigenvalue weighted by atomic mass is 16.5. The van der Waals surface area contributed by atoms with Gasteiger partial charge in [0.2, 0.25) is 11.8 Å². The first kappa shape index (κ1) is 14.9. The molecular formula is C11H22N2O3. The van der Waals surface area contributed by atoms with Crippen LogP contribution in [0.4, 0.5) is 0 Å². The maximum Gasteiger partial charge on any atom is 0.222 e. The van der Waals surface area contributed by atoms with Gasteiger partial charge in [0, 0.05) is 19.4 Å². The van der Waals surface area contributed by atoms with Crippen molar-refractivity contribution in [2.45, 2.75) is 33.1 Å². The number of rotatable bonds is 9. The van der Waals surface area contributed by atoms with Gasteiger partial charge in [0.05, 0.1) is 13.2 Å². The van der Waals surface area contributed by atoms with Gasteiger partial charge in [0.25, 0.3) is 0 Å². The zero-order valence-corrected chi connectivity index (χ0v) is 10.1. The Labute approximate surface area is 96.7 Å². The Bertz CT molecular complexity index is 217. The van der Waals surface area contributed by atoms with Crippen LogP contribution >= 0.6 is 0 Å². The molecule has 2 amide bonds. The van der Waals surface area contributed by atoms with Crippen LogP contribution in [-0.2, 0) is 14.3 Å². The Morgan fingerprint density at radius 2 is 1.88 bits per heavy atom. The van der Waals surface area contributed by atoms with Crippen molar-refractivity contribution in [2.24, 2.45) is 11.7 Å². The molecule has 0 aromatic carbocycles. The van der Waals surface area contributed by atoms with Gasteiger partial charge in [0.15, 0.2) is 0 Å². The second-order valence-electron chi connectivity index (χ2n) is 4.11. The summed E-state index contributed by atoms with van der Waals surface area (Å²) in [5.74, 6) is 0.188. The van der Waals surface area contributed by atoms with Crippen molar-refractivity contribution in [3.05, 3.63) is 0 Å². The summed E-state index contributed by atoms with van der Waals surface area (Å²) in [5, 5.41) is 2.80. The highest BCUT2D eigenvalue weighted by Gasteiger charge is 2.01. The van der Waals surface area contributed by atoms with Crippen molar-refractivity contribution >= 4 is 11.8 Å². The molecule has 0 rings (SSSR count). The number of nitrogens with two attached hydrogens (primary N) is 1. The SMILES string of the molecule is CC(C)CCNC(=O)CCOCCC(N)=O. The topological polar surface area (TPSA) is 81.4 Å². The van der Waals surface area contributed by atoms with E-state index in [0.29, 0.717) is 25.5 Å². The molecule has 0 fully saturated rings. The van der Waals surface area contributed by atoms with Crippen LogP contribution in [0.1, 0.15) is 33.1 Å². The number of ether oxygens (including phenoxy) is 1. The molecule has 0 aliphatic heterocycles. The lowest BCUT2D eigenvalue weighted by molar-refractivity contribution is -0.122. The van der Waals surface area contributed by atoms with Crippen LogP contribution in [0.3, 0.4) is 0 Å². The standard InChI is InChI=1S/C11H22N2O3/c1-9(2)3-6-13-11(15)5-8-16-7-4-10(12)14/h9H,3-8H2,1-2H3,(H2,12,14)(H,13,15). The van der Waals surface area contributed by atoms with E-state index in [9.17, 15) is 9.59 Å². The summed E-state index contributed by atoms with van der Waals surface area (Å²) in [7, 11) is 0. The average molecular weight is 230 g/mol. The van der Waals surface area contributed by atoms with E-state index in [4.69, 9.17) is 10.5 Å². The Balaban J connectivity index is 3.27. The quantitative estimate of drug-likeness (QED) is 0.564. The molecule has 3 N–H and O–H groups in total. The Hall–Kier alpha value is -1.10. The molecule has 5 heteroatoms. The lowest BCUT2D eigenvalue weighted by Crippen LogP contribution is -2.26. The summed E-state index contributed by atoms with van der Waals surface area (Å²) in [4.78, 5) is 21.6. The molecule has 0 aromatic heterocycles. The molecule has 0 radical (unpaired) electrons. The normalized spacial score (nSPS) is 10.4. The van der Waals surface area contributed by atoms with E-state index in [1.165, 1.54) is 0 Å². The van der Waals surface area contributed by atoms with Crippen molar-refractivity contribution < 1.29 is 14.3 Å². The van der Waals surface area contributed by atoms with Gasteiger partial charge in [-0.2, -0.15) is 0 Å². The first-order valence-electron chi connectivity index (χ1n) is 5.65. The van der Waals surface area contributed by atoms with E-state index < -0.39 is 0 Å². The molecule has 0 heterocycles. The zero-order chi connectivity index (χ0) is 12.4. The van der Waals surface area contributed by atoms with Crippen LogP contribution in [0.15, 0.2) is 0 Å². The van der Waals surface area contributed by atoms with Crippen molar-refractivity contribution in [3.8, 4) is 0 Å². The molecule has 0 bridgehead atoms. The predicted molar refractivity (Wildman–Crippen MR) is 61.7 cm³/mol. The number of carbonyl (C=O) groups excluding carboxylic acids is 2. The number of carbonyl (C=O) groups is 2. The molecule has 0 spiro atoms. The van der Waals surface area contributed by atoms with Crippen LogP contribution in [0, 0.1) is 5.92 Å². The minimum Gasteiger partial charge on any atom is -0.380 e. The zero-order valence-electron chi connectivity index (χ0n) is 10.1. The van der Waals surface area contributed by atoms with Gasteiger partial charge < -0.3 is 15.8 Å². The lowest BCUT2D eigenvalue weighted by Gasteiger charge is -2.07. The molecule has 16 heavy (non-hydrogen) atoms. The fourth-order valence-electron chi connectivity index (χ4n) is 1.03. The number of primary amides is 1. The van der Waals surface area contributed by atoms with Crippen LogP contribution in [0.2, 0.25) is 0 Å². The third-order valence-electron chi connectivity index (χ3n) is 2.01. The van der Waals surface area contributed by atoms with Crippen LogP contribution in [0.25, 0.3) is 0 Å². The summed E-state index contributed by atoms with van der Waals surface area (Å²) in [6.45, 7) is 5.55. The molecule has 0 atom stereocenters. The average Bonchev–Trinajstić information content (AvgIpc) is 2.16. The van der Waals surface area contributed by atoms with Gasteiger partial charge in [0.1, 0.15) is 0 Å². The number of nitrogens with one attached hydrogen (secondary N) is 1. The summed E-state index contributed by atoms with van der Waals surface area (Å²) >= 11 is 0. The first-order valence-corrected chi connectivity index (χ1v) is 5.65. The van der Waals surface area contributed by atoms with E-state index in [0.717, 1.165) is 6.42 Å². The van der Waals surface area contributed by atoms with Gasteiger partial charge in [-0.3, -0.25) is 9.59 Å². The van der Waals surface area contributed by atoms with Gasteiger partial charge in [-0.15, -0.1) is 0 Å². The number of amides is 2. The summed E-state index contributed by atoms with van der Waals surface area (Å²) in [6, 6.07) is 0. The van der Waals surface area contributed by atoms with Crippen LogP contribution in [0.5, 0.6) is 0 Å². The maximum absolute atomic E-state index is 11.2. The van der Waals surface area contributed by atoms with Crippen molar-refractivity contribution in [2.75, 3.05) is 19.8 Å². The largest absolute Gasteiger partial charge is 0.380 e. The van der Waals surface area contributed by atoms with Crippen molar-refractivity contribution in [1.29, 1.82) is 0 Å². The van der Waals surface area contributed by atoms with Gasteiger partial charge in [-0.05, 0) is 12.3 Å². The minimum atomic E-state index is -0.388. The smallest absolute Gasteiger partial charge is 0.222 e. The second-order valence-corrected chi connectivity index (χ2v) is 4.11. The monoisotopic (exact) mass is 230 g/mol. The fraction of sp³-hybridized carbons (Fsp3) is 0.818. The Morgan fingerprint density at radius 3 is 2.44 bits per heavy atom. The lowest BCUT2D eigenvalue weighted by atomic mass is 10.1. The van der Waals surface area contributed by atoms with E-state index in [1.807, 2.05) is 0 Å². The van der Waals surface area contributed by atoms with Gasteiger partial charge in [-0.25, -0.2) is 0 Å². The summed E-state index contributed by atoms with van der Waals surface area (Å²) in [6.07, 6.45) is 1.51. The highest BCUT2D eigenvalue weighted by Crippen LogP contribution is 1.96. The molecule has 0 aliphatic rings. The van der Waals surface area contributed by atoms with E-state index in [2.05, 4.69) is 19.2 Å². The van der Waals surface area contributed by atoms with Crippen molar-refractivity contribution in [3.63, 3.8) is 0 Å².